The van der Waals surface area contributed by atoms with Gasteiger partial charge < -0.3 is 14.7 Å². The standard InChI is InChI=1S/C32H40N4O3/c1-22-7-10-25(11-8-22)32(39-6)29-14-12-26(31(4,38)21-35-16-15-34(5)19-24(35)3)17-28(29)30(37)36(32)20-27-13-9-23(2)18-33-27/h7-14,17-18,24,38H,15-16,19-21H2,1-6H3/t24-,31?,32+/m0/s1. The first kappa shape index (κ1) is 27.5. The third kappa shape index (κ3) is 5.00. The molecule has 0 bridgehead atoms. The molecule has 39 heavy (non-hydrogen) atoms. The van der Waals surface area contributed by atoms with Gasteiger partial charge in [-0.3, -0.25) is 19.6 Å². The number of ether oxygens (including phenoxy) is 1. The van der Waals surface area contributed by atoms with Gasteiger partial charge in [0.25, 0.3) is 5.91 Å². The molecule has 2 aliphatic rings. The Labute approximate surface area is 232 Å². The maximum absolute atomic E-state index is 14.2. The van der Waals surface area contributed by atoms with Crippen LogP contribution in [0.3, 0.4) is 0 Å². The summed E-state index contributed by atoms with van der Waals surface area (Å²) in [6.07, 6.45) is 1.82. The molecule has 1 amide bonds. The number of methoxy groups -OCH3 is 1. The minimum atomic E-state index is -1.12. The molecule has 3 heterocycles. The average molecular weight is 529 g/mol. The van der Waals surface area contributed by atoms with E-state index in [1.807, 2.05) is 81.6 Å². The van der Waals surface area contributed by atoms with Crippen molar-refractivity contribution < 1.29 is 14.6 Å². The van der Waals surface area contributed by atoms with Crippen LogP contribution >= 0.6 is 0 Å². The van der Waals surface area contributed by atoms with Crippen LogP contribution in [0, 0.1) is 13.8 Å². The third-order valence-electron chi connectivity index (χ3n) is 8.37. The molecule has 2 aromatic carbocycles. The molecule has 1 fully saturated rings. The smallest absolute Gasteiger partial charge is 0.257 e. The van der Waals surface area contributed by atoms with Gasteiger partial charge in [-0.25, -0.2) is 0 Å². The van der Waals surface area contributed by atoms with Crippen molar-refractivity contribution in [2.45, 2.75) is 51.6 Å². The number of likely N-dealkylation sites (N-methyl/N-ethyl adjacent to an activating group) is 1. The first-order chi connectivity index (χ1) is 18.5. The summed E-state index contributed by atoms with van der Waals surface area (Å²) in [5.41, 5.74) is 3.68. The van der Waals surface area contributed by atoms with E-state index in [-0.39, 0.29) is 5.91 Å². The molecule has 5 rings (SSSR count). The second kappa shape index (κ2) is 10.5. The summed E-state index contributed by atoms with van der Waals surface area (Å²) in [6.45, 7) is 11.7. The van der Waals surface area contributed by atoms with Crippen LogP contribution in [0.15, 0.2) is 60.8 Å². The van der Waals surface area contributed by atoms with Crippen molar-refractivity contribution in [2.75, 3.05) is 40.3 Å². The number of hydrogen-bond donors (Lipinski definition) is 1. The third-order valence-corrected chi connectivity index (χ3v) is 8.37. The Bertz CT molecular complexity index is 1340. The van der Waals surface area contributed by atoms with Crippen molar-refractivity contribution in [3.05, 3.63) is 99.9 Å². The number of fused-ring (bicyclic) bond motifs is 1. The normalized spacial score (nSPS) is 23.6. The highest BCUT2D eigenvalue weighted by atomic mass is 16.5. The monoisotopic (exact) mass is 528 g/mol. The van der Waals surface area contributed by atoms with Gasteiger partial charge in [0.15, 0.2) is 5.72 Å². The van der Waals surface area contributed by atoms with Gasteiger partial charge in [-0.15, -0.1) is 0 Å². The number of amides is 1. The van der Waals surface area contributed by atoms with Gasteiger partial charge in [-0.05, 0) is 58.0 Å². The zero-order valence-electron chi connectivity index (χ0n) is 23.9. The van der Waals surface area contributed by atoms with Crippen LogP contribution in [0.5, 0.6) is 0 Å². The first-order valence-corrected chi connectivity index (χ1v) is 13.7. The van der Waals surface area contributed by atoms with Crippen molar-refractivity contribution in [1.29, 1.82) is 0 Å². The van der Waals surface area contributed by atoms with E-state index in [9.17, 15) is 9.90 Å². The molecule has 1 saturated heterocycles. The Morgan fingerprint density at radius 3 is 2.44 bits per heavy atom. The van der Waals surface area contributed by atoms with Crippen LogP contribution in [0.1, 0.15) is 57.7 Å². The van der Waals surface area contributed by atoms with E-state index in [1.165, 1.54) is 0 Å². The van der Waals surface area contributed by atoms with Crippen LogP contribution in [0.2, 0.25) is 0 Å². The van der Waals surface area contributed by atoms with E-state index < -0.39 is 11.3 Å². The van der Waals surface area contributed by atoms with Gasteiger partial charge in [0, 0.05) is 62.2 Å². The van der Waals surface area contributed by atoms with E-state index in [1.54, 1.807) is 12.0 Å². The largest absolute Gasteiger partial charge is 0.384 e. The molecule has 206 valence electrons. The molecule has 7 nitrogen and oxygen atoms in total. The van der Waals surface area contributed by atoms with Crippen LogP contribution in [0.25, 0.3) is 0 Å². The Balaban J connectivity index is 1.56. The summed E-state index contributed by atoms with van der Waals surface area (Å²) >= 11 is 0. The second-order valence-electron chi connectivity index (χ2n) is 11.5. The molecule has 1 N–H and O–H groups in total. The lowest BCUT2D eigenvalue weighted by Gasteiger charge is -2.41. The maximum atomic E-state index is 14.2. The second-order valence-corrected chi connectivity index (χ2v) is 11.5. The van der Waals surface area contributed by atoms with Gasteiger partial charge in [0.1, 0.15) is 0 Å². The minimum Gasteiger partial charge on any atom is -0.384 e. The summed E-state index contributed by atoms with van der Waals surface area (Å²) in [7, 11) is 3.78. The number of hydrogen-bond acceptors (Lipinski definition) is 6. The number of aliphatic hydroxyl groups is 1. The quantitative estimate of drug-likeness (QED) is 0.499. The number of rotatable bonds is 7. The highest BCUT2D eigenvalue weighted by Crippen LogP contribution is 2.46. The van der Waals surface area contributed by atoms with Gasteiger partial charge in [0.2, 0.25) is 0 Å². The fourth-order valence-electron chi connectivity index (χ4n) is 6.05. The van der Waals surface area contributed by atoms with Crippen molar-refractivity contribution in [3.63, 3.8) is 0 Å². The SMILES string of the molecule is CO[C@]1(c2ccc(C)cc2)c2ccc(C(C)(O)CN3CCN(C)C[C@@H]3C)cc2C(=O)N1Cc1ccc(C)cn1. The molecule has 3 atom stereocenters. The predicted molar refractivity (Wildman–Crippen MR) is 152 cm³/mol. The average Bonchev–Trinajstić information content (AvgIpc) is 3.15. The molecule has 0 radical (unpaired) electrons. The Morgan fingerprint density at radius 1 is 1.08 bits per heavy atom. The molecule has 0 spiro atoms. The Morgan fingerprint density at radius 2 is 1.79 bits per heavy atom. The molecule has 1 aromatic heterocycles. The molecule has 7 heteroatoms. The minimum absolute atomic E-state index is 0.139. The van der Waals surface area contributed by atoms with E-state index >= 15 is 0 Å². The fraction of sp³-hybridized carbons (Fsp3) is 0.438. The number of aromatic nitrogens is 1. The number of β-amino-alcohol motifs (C(OH)–C–C–N with tert-alkyl or cyclic N) is 1. The van der Waals surface area contributed by atoms with Crippen LogP contribution < -0.4 is 0 Å². The molecular formula is C32H40N4O3. The lowest BCUT2D eigenvalue weighted by molar-refractivity contribution is -0.0868. The van der Waals surface area contributed by atoms with Crippen LogP contribution in [-0.4, -0.2) is 77.1 Å². The molecule has 1 unspecified atom stereocenters. The topological polar surface area (TPSA) is 69.1 Å². The number of piperazine rings is 1. The summed E-state index contributed by atoms with van der Waals surface area (Å²) in [5, 5.41) is 11.7. The summed E-state index contributed by atoms with van der Waals surface area (Å²) in [4.78, 5) is 25.2. The zero-order valence-corrected chi connectivity index (χ0v) is 23.9. The number of carbonyl (C=O) groups is 1. The molecular weight excluding hydrogens is 488 g/mol. The zero-order chi connectivity index (χ0) is 27.9. The Hall–Kier alpha value is -3.10. The predicted octanol–water partition coefficient (Wildman–Crippen LogP) is 4.05. The lowest BCUT2D eigenvalue weighted by atomic mass is 9.88. The van der Waals surface area contributed by atoms with Gasteiger partial charge >= 0.3 is 0 Å². The van der Waals surface area contributed by atoms with E-state index in [0.717, 1.165) is 53.1 Å². The maximum Gasteiger partial charge on any atom is 0.257 e. The number of aryl methyl sites for hydroxylation is 2. The highest BCUT2D eigenvalue weighted by molar-refractivity contribution is 6.00. The number of nitrogens with zero attached hydrogens (tertiary/aromatic N) is 4. The van der Waals surface area contributed by atoms with Crippen molar-refractivity contribution in [3.8, 4) is 0 Å². The Kier molecular flexibility index (Phi) is 7.37. The summed E-state index contributed by atoms with van der Waals surface area (Å²) in [5.74, 6) is -0.139. The molecule has 2 aliphatic heterocycles. The van der Waals surface area contributed by atoms with Gasteiger partial charge in [-0.2, -0.15) is 0 Å². The van der Waals surface area contributed by atoms with Gasteiger partial charge in [-0.1, -0.05) is 48.0 Å². The molecule has 0 saturated carbocycles. The van der Waals surface area contributed by atoms with Gasteiger partial charge in [0.05, 0.1) is 17.8 Å². The van der Waals surface area contributed by atoms with Crippen molar-refractivity contribution in [1.82, 2.24) is 19.7 Å². The number of pyridine rings is 1. The van der Waals surface area contributed by atoms with Crippen molar-refractivity contribution in [2.24, 2.45) is 0 Å². The summed E-state index contributed by atoms with van der Waals surface area (Å²) in [6, 6.07) is 18.2. The summed E-state index contributed by atoms with van der Waals surface area (Å²) < 4.78 is 6.30. The van der Waals surface area contributed by atoms with Crippen LogP contribution in [-0.2, 0) is 22.6 Å². The first-order valence-electron chi connectivity index (χ1n) is 13.7. The van der Waals surface area contributed by atoms with Crippen LogP contribution in [0.4, 0.5) is 0 Å². The van der Waals surface area contributed by atoms with E-state index in [0.29, 0.717) is 24.7 Å². The van der Waals surface area contributed by atoms with E-state index in [2.05, 4.69) is 28.8 Å². The number of benzene rings is 2. The molecule has 3 aromatic rings. The van der Waals surface area contributed by atoms with E-state index in [4.69, 9.17) is 4.74 Å². The fourth-order valence-corrected chi connectivity index (χ4v) is 6.05. The molecule has 0 aliphatic carbocycles. The highest BCUT2D eigenvalue weighted by Gasteiger charge is 2.52. The van der Waals surface area contributed by atoms with Crippen molar-refractivity contribution >= 4 is 5.91 Å². The number of carbonyl (C=O) groups excluding carboxylic acids is 1. The lowest BCUT2D eigenvalue weighted by Crippen LogP contribution is -2.54.